The molecule has 8 nitrogen and oxygen atoms in total. The Morgan fingerprint density at radius 2 is 2.00 bits per heavy atom. The number of nitrogens with zero attached hydrogens (tertiary/aromatic N) is 2. The van der Waals surface area contributed by atoms with Gasteiger partial charge in [-0.15, -0.1) is 0 Å². The van der Waals surface area contributed by atoms with Crippen LogP contribution in [0.15, 0.2) is 36.5 Å². The number of aromatic nitrogens is 1. The normalized spacial score (nSPS) is 16.1. The molecule has 9 heteroatoms. The number of hydrogen-bond donors (Lipinski definition) is 1. The van der Waals surface area contributed by atoms with Crippen LogP contribution >= 0.6 is 11.6 Å². The number of nitrogens with one attached hydrogen (secondary N) is 1. The number of rotatable bonds is 5. The second-order valence-electron chi connectivity index (χ2n) is 7.53. The third-order valence-corrected chi connectivity index (χ3v) is 5.65. The number of piperidine rings is 1. The summed E-state index contributed by atoms with van der Waals surface area (Å²) < 4.78 is 16.6. The van der Waals surface area contributed by atoms with Crippen LogP contribution in [0.3, 0.4) is 0 Å². The number of amides is 2. The highest BCUT2D eigenvalue weighted by Crippen LogP contribution is 2.40. The highest BCUT2D eigenvalue weighted by Gasteiger charge is 2.27. The summed E-state index contributed by atoms with van der Waals surface area (Å²) in [6.07, 6.45) is 5.94. The van der Waals surface area contributed by atoms with Gasteiger partial charge in [0.1, 0.15) is 19.0 Å². The molecule has 0 bridgehead atoms. The monoisotopic (exact) mass is 457 g/mol. The molecule has 4 rings (SSSR count). The van der Waals surface area contributed by atoms with Crippen molar-refractivity contribution in [1.82, 2.24) is 9.88 Å². The van der Waals surface area contributed by atoms with E-state index in [1.54, 1.807) is 36.3 Å². The third kappa shape index (κ3) is 5.13. The topological polar surface area (TPSA) is 90.0 Å². The average Bonchev–Trinajstić information content (AvgIpc) is 2.83. The second kappa shape index (κ2) is 9.91. The van der Waals surface area contributed by atoms with Gasteiger partial charge in [0, 0.05) is 31.3 Å². The summed E-state index contributed by atoms with van der Waals surface area (Å²) in [7, 11) is 1.57. The zero-order valence-corrected chi connectivity index (χ0v) is 18.4. The number of carbonyl (C=O) groups is 2. The van der Waals surface area contributed by atoms with E-state index in [2.05, 4.69) is 10.3 Å². The number of benzene rings is 1. The zero-order chi connectivity index (χ0) is 22.5. The molecular formula is C23H24ClN3O5. The third-order valence-electron chi connectivity index (χ3n) is 5.42. The van der Waals surface area contributed by atoms with Crippen molar-refractivity contribution >= 4 is 35.3 Å². The first kappa shape index (κ1) is 22.0. The van der Waals surface area contributed by atoms with Crippen molar-refractivity contribution in [3.05, 3.63) is 47.1 Å². The van der Waals surface area contributed by atoms with Crippen LogP contribution in [0.2, 0.25) is 5.02 Å². The summed E-state index contributed by atoms with van der Waals surface area (Å²) in [6.45, 7) is 1.97. The summed E-state index contributed by atoms with van der Waals surface area (Å²) in [5.41, 5.74) is 0.782. The lowest BCUT2D eigenvalue weighted by molar-refractivity contribution is -0.130. The number of halogens is 1. The molecule has 2 amide bonds. The molecule has 0 aliphatic carbocycles. The van der Waals surface area contributed by atoms with Gasteiger partial charge in [0.15, 0.2) is 11.5 Å². The molecule has 1 saturated heterocycles. The SMILES string of the molecule is COc1cc(C=CC(=O)N2CCC(C(=O)Nc3ccc(Cl)cn3)CC2)cc2c1OCCO2. The maximum absolute atomic E-state index is 12.6. The lowest BCUT2D eigenvalue weighted by Crippen LogP contribution is -2.40. The fraction of sp³-hybridized carbons (Fsp3) is 0.348. The molecule has 0 radical (unpaired) electrons. The van der Waals surface area contributed by atoms with E-state index in [1.807, 2.05) is 6.07 Å². The van der Waals surface area contributed by atoms with E-state index in [0.29, 0.717) is 67.2 Å². The minimum Gasteiger partial charge on any atom is -0.493 e. The molecule has 1 aromatic carbocycles. The molecule has 0 saturated carbocycles. The standard InChI is InChI=1S/C23H24ClN3O5/c1-30-18-12-15(13-19-22(18)32-11-10-31-19)2-5-21(28)27-8-6-16(7-9-27)23(29)26-20-4-3-17(24)14-25-20/h2-5,12-14,16H,6-11H2,1H3,(H,25,26,29). The average molecular weight is 458 g/mol. The molecule has 0 atom stereocenters. The highest BCUT2D eigenvalue weighted by molar-refractivity contribution is 6.30. The van der Waals surface area contributed by atoms with Crippen molar-refractivity contribution < 1.29 is 23.8 Å². The Labute approximate surface area is 191 Å². The minimum atomic E-state index is -0.164. The van der Waals surface area contributed by atoms with Crippen molar-refractivity contribution in [2.24, 2.45) is 5.92 Å². The van der Waals surface area contributed by atoms with Crippen LogP contribution in [0.25, 0.3) is 6.08 Å². The van der Waals surface area contributed by atoms with E-state index in [4.69, 9.17) is 25.8 Å². The quantitative estimate of drug-likeness (QED) is 0.692. The van der Waals surface area contributed by atoms with E-state index in [-0.39, 0.29) is 17.7 Å². The number of fused-ring (bicyclic) bond motifs is 1. The van der Waals surface area contributed by atoms with Crippen LogP contribution in [0.4, 0.5) is 5.82 Å². The Bertz CT molecular complexity index is 1000. The fourth-order valence-corrected chi connectivity index (χ4v) is 3.81. The Balaban J connectivity index is 1.32. The van der Waals surface area contributed by atoms with Crippen molar-refractivity contribution in [2.75, 3.05) is 38.7 Å². The minimum absolute atomic E-state index is 0.0918. The Kier molecular flexibility index (Phi) is 6.80. The van der Waals surface area contributed by atoms with Gasteiger partial charge in [0.25, 0.3) is 0 Å². The highest BCUT2D eigenvalue weighted by atomic mass is 35.5. The summed E-state index contributed by atoms with van der Waals surface area (Å²) in [6, 6.07) is 6.96. The Morgan fingerprint density at radius 1 is 1.22 bits per heavy atom. The van der Waals surface area contributed by atoms with Crippen molar-refractivity contribution in [3.8, 4) is 17.2 Å². The summed E-state index contributed by atoms with van der Waals surface area (Å²) in [4.78, 5) is 31.0. The predicted molar refractivity (Wildman–Crippen MR) is 120 cm³/mol. The van der Waals surface area contributed by atoms with Crippen molar-refractivity contribution in [1.29, 1.82) is 0 Å². The molecule has 2 aliphatic rings. The van der Waals surface area contributed by atoms with Gasteiger partial charge in [-0.2, -0.15) is 0 Å². The lowest BCUT2D eigenvalue weighted by Gasteiger charge is -2.30. The molecule has 3 heterocycles. The van der Waals surface area contributed by atoms with Gasteiger partial charge in [-0.3, -0.25) is 9.59 Å². The molecule has 0 spiro atoms. The molecule has 1 N–H and O–H groups in total. The summed E-state index contributed by atoms with van der Waals surface area (Å²) in [5, 5.41) is 3.32. The van der Waals surface area contributed by atoms with Crippen LogP contribution in [-0.4, -0.2) is 55.1 Å². The van der Waals surface area contributed by atoms with Crippen LogP contribution in [-0.2, 0) is 9.59 Å². The predicted octanol–water partition coefficient (Wildman–Crippen LogP) is 3.41. The van der Waals surface area contributed by atoms with Gasteiger partial charge in [-0.25, -0.2) is 4.98 Å². The van der Waals surface area contributed by atoms with Gasteiger partial charge in [-0.1, -0.05) is 11.6 Å². The Hall–Kier alpha value is -3.26. The molecule has 2 aromatic rings. The number of methoxy groups -OCH3 is 1. The molecule has 168 valence electrons. The maximum atomic E-state index is 12.6. The van der Waals surface area contributed by atoms with Gasteiger partial charge in [0.2, 0.25) is 17.6 Å². The van der Waals surface area contributed by atoms with Gasteiger partial charge in [-0.05, 0) is 48.7 Å². The maximum Gasteiger partial charge on any atom is 0.246 e. The van der Waals surface area contributed by atoms with E-state index in [9.17, 15) is 9.59 Å². The summed E-state index contributed by atoms with van der Waals surface area (Å²) in [5.74, 6) is 1.86. The molecular weight excluding hydrogens is 434 g/mol. The first-order valence-corrected chi connectivity index (χ1v) is 10.8. The smallest absolute Gasteiger partial charge is 0.246 e. The van der Waals surface area contributed by atoms with Gasteiger partial charge < -0.3 is 24.4 Å². The van der Waals surface area contributed by atoms with Crippen LogP contribution in [0.1, 0.15) is 18.4 Å². The molecule has 1 fully saturated rings. The molecule has 0 unspecified atom stereocenters. The molecule has 32 heavy (non-hydrogen) atoms. The molecule has 2 aliphatic heterocycles. The zero-order valence-electron chi connectivity index (χ0n) is 17.7. The van der Waals surface area contributed by atoms with Crippen LogP contribution in [0.5, 0.6) is 17.2 Å². The summed E-state index contributed by atoms with van der Waals surface area (Å²) >= 11 is 5.82. The van der Waals surface area contributed by atoms with E-state index in [1.165, 1.54) is 12.3 Å². The molecule has 1 aromatic heterocycles. The van der Waals surface area contributed by atoms with Crippen molar-refractivity contribution in [3.63, 3.8) is 0 Å². The fourth-order valence-electron chi connectivity index (χ4n) is 3.70. The number of pyridine rings is 1. The number of likely N-dealkylation sites (tertiary alicyclic amines) is 1. The first-order valence-electron chi connectivity index (χ1n) is 10.4. The Morgan fingerprint density at radius 3 is 2.72 bits per heavy atom. The van der Waals surface area contributed by atoms with E-state index >= 15 is 0 Å². The number of hydrogen-bond acceptors (Lipinski definition) is 6. The van der Waals surface area contributed by atoms with Gasteiger partial charge >= 0.3 is 0 Å². The number of anilines is 1. The second-order valence-corrected chi connectivity index (χ2v) is 7.97. The largest absolute Gasteiger partial charge is 0.493 e. The lowest BCUT2D eigenvalue weighted by atomic mass is 9.96. The van der Waals surface area contributed by atoms with Crippen LogP contribution < -0.4 is 19.5 Å². The first-order chi connectivity index (χ1) is 15.5. The van der Waals surface area contributed by atoms with E-state index < -0.39 is 0 Å². The van der Waals surface area contributed by atoms with Gasteiger partial charge in [0.05, 0.1) is 12.1 Å². The van der Waals surface area contributed by atoms with Crippen molar-refractivity contribution in [2.45, 2.75) is 12.8 Å². The van der Waals surface area contributed by atoms with E-state index in [0.717, 1.165) is 5.56 Å². The number of carbonyl (C=O) groups excluding carboxylic acids is 2. The van der Waals surface area contributed by atoms with Crippen LogP contribution in [0, 0.1) is 5.92 Å². The number of ether oxygens (including phenoxy) is 3.